The Kier molecular flexibility index (Phi) is 5.42. The lowest BCUT2D eigenvalue weighted by Crippen LogP contribution is -2.29. The Bertz CT molecular complexity index is 558. The molecule has 0 spiro atoms. The molecule has 2 nitrogen and oxygen atoms in total. The molecule has 3 N–H and O–H groups in total. The van der Waals surface area contributed by atoms with Gasteiger partial charge in [-0.25, -0.2) is 0 Å². The number of benzene rings is 2. The molecule has 0 amide bonds. The second-order valence-electron chi connectivity index (χ2n) is 4.21. The van der Waals surface area contributed by atoms with Crippen LogP contribution in [0, 0.1) is 0 Å². The number of hydrogen-bond acceptors (Lipinski definition) is 2. The zero-order valence-electron chi connectivity index (χ0n) is 10.0. The standard InChI is InChI=1S/C14H13Br2ClN2/c15-11-4-1-9(2-5-11)14(19-18)7-10-3-6-12(16)8-13(10)17/h1-6,8,14,19H,7,18H2. The van der Waals surface area contributed by atoms with Crippen LogP contribution >= 0.6 is 43.5 Å². The minimum atomic E-state index is 0.0341. The van der Waals surface area contributed by atoms with Crippen LogP contribution in [0.4, 0.5) is 0 Å². The van der Waals surface area contributed by atoms with Crippen molar-refractivity contribution in [3.05, 3.63) is 67.6 Å². The Balaban J connectivity index is 2.21. The zero-order chi connectivity index (χ0) is 13.8. The lowest BCUT2D eigenvalue weighted by atomic mass is 9.99. The quantitative estimate of drug-likeness (QED) is 0.577. The van der Waals surface area contributed by atoms with Gasteiger partial charge in [0.15, 0.2) is 0 Å². The average molecular weight is 405 g/mol. The van der Waals surface area contributed by atoms with E-state index in [0.29, 0.717) is 0 Å². The molecule has 19 heavy (non-hydrogen) atoms. The predicted octanol–water partition coefficient (Wildman–Crippen LogP) is 4.61. The Morgan fingerprint density at radius 3 is 2.26 bits per heavy atom. The maximum atomic E-state index is 6.24. The van der Waals surface area contributed by atoms with Crippen LogP contribution < -0.4 is 11.3 Å². The first-order valence-corrected chi connectivity index (χ1v) is 7.72. The molecule has 1 atom stereocenters. The van der Waals surface area contributed by atoms with E-state index in [1.165, 1.54) is 0 Å². The fourth-order valence-electron chi connectivity index (χ4n) is 1.88. The fraction of sp³-hybridized carbons (Fsp3) is 0.143. The van der Waals surface area contributed by atoms with Gasteiger partial charge < -0.3 is 0 Å². The minimum absolute atomic E-state index is 0.0341. The van der Waals surface area contributed by atoms with Crippen molar-refractivity contribution in [1.82, 2.24) is 5.43 Å². The van der Waals surface area contributed by atoms with Gasteiger partial charge in [0.05, 0.1) is 6.04 Å². The van der Waals surface area contributed by atoms with Gasteiger partial charge in [0, 0.05) is 14.0 Å². The Hall–Kier alpha value is -0.390. The van der Waals surface area contributed by atoms with Crippen molar-refractivity contribution in [2.75, 3.05) is 0 Å². The summed E-state index contributed by atoms with van der Waals surface area (Å²) in [4.78, 5) is 0. The van der Waals surface area contributed by atoms with Gasteiger partial charge in [-0.3, -0.25) is 11.3 Å². The van der Waals surface area contributed by atoms with Crippen molar-refractivity contribution in [3.63, 3.8) is 0 Å². The molecule has 5 heteroatoms. The van der Waals surface area contributed by atoms with Gasteiger partial charge in [-0.1, -0.05) is 61.7 Å². The van der Waals surface area contributed by atoms with Crippen molar-refractivity contribution in [2.45, 2.75) is 12.5 Å². The molecule has 0 radical (unpaired) electrons. The molecule has 0 saturated carbocycles. The first-order valence-electron chi connectivity index (χ1n) is 5.75. The second-order valence-corrected chi connectivity index (χ2v) is 6.45. The molecule has 0 bridgehead atoms. The lowest BCUT2D eigenvalue weighted by molar-refractivity contribution is 0.552. The molecular formula is C14H13Br2ClN2. The normalized spacial score (nSPS) is 12.4. The summed E-state index contributed by atoms with van der Waals surface area (Å²) in [5.41, 5.74) is 5.04. The minimum Gasteiger partial charge on any atom is -0.271 e. The molecule has 0 heterocycles. The molecule has 0 aliphatic heterocycles. The summed E-state index contributed by atoms with van der Waals surface area (Å²) in [7, 11) is 0. The molecule has 0 aliphatic rings. The molecule has 2 aromatic carbocycles. The summed E-state index contributed by atoms with van der Waals surface area (Å²) >= 11 is 13.1. The number of nitrogens with one attached hydrogen (secondary N) is 1. The molecule has 0 fully saturated rings. The number of rotatable bonds is 4. The third-order valence-corrected chi connectivity index (χ3v) is 4.29. The van der Waals surface area contributed by atoms with Crippen molar-refractivity contribution >= 4 is 43.5 Å². The molecule has 100 valence electrons. The van der Waals surface area contributed by atoms with Crippen LogP contribution in [0.15, 0.2) is 51.4 Å². The smallest absolute Gasteiger partial charge is 0.0500 e. The van der Waals surface area contributed by atoms with E-state index in [1.54, 1.807) is 0 Å². The maximum Gasteiger partial charge on any atom is 0.0500 e. The van der Waals surface area contributed by atoms with E-state index < -0.39 is 0 Å². The first kappa shape index (κ1) is 15.0. The topological polar surface area (TPSA) is 38.0 Å². The molecule has 0 aliphatic carbocycles. The molecule has 1 unspecified atom stereocenters. The van der Waals surface area contributed by atoms with Crippen LogP contribution in [0.2, 0.25) is 5.02 Å². The number of hydrogen-bond donors (Lipinski definition) is 2. The van der Waals surface area contributed by atoms with E-state index in [-0.39, 0.29) is 6.04 Å². The van der Waals surface area contributed by atoms with E-state index >= 15 is 0 Å². The van der Waals surface area contributed by atoms with Crippen LogP contribution in [-0.4, -0.2) is 0 Å². The summed E-state index contributed by atoms with van der Waals surface area (Å²) in [6.45, 7) is 0. The molecule has 2 aromatic rings. The Morgan fingerprint density at radius 2 is 1.68 bits per heavy atom. The van der Waals surface area contributed by atoms with Crippen LogP contribution in [0.1, 0.15) is 17.2 Å². The van der Waals surface area contributed by atoms with Crippen molar-refractivity contribution < 1.29 is 0 Å². The van der Waals surface area contributed by atoms with Crippen LogP contribution in [0.5, 0.6) is 0 Å². The highest BCUT2D eigenvalue weighted by Gasteiger charge is 2.12. The maximum absolute atomic E-state index is 6.24. The predicted molar refractivity (Wildman–Crippen MR) is 87.1 cm³/mol. The second kappa shape index (κ2) is 6.86. The van der Waals surface area contributed by atoms with Crippen molar-refractivity contribution in [1.29, 1.82) is 0 Å². The number of hydrazine groups is 1. The lowest BCUT2D eigenvalue weighted by Gasteiger charge is -2.17. The summed E-state index contributed by atoms with van der Waals surface area (Å²) in [5.74, 6) is 5.66. The number of halogens is 3. The third-order valence-electron chi connectivity index (χ3n) is 2.91. The van der Waals surface area contributed by atoms with Gasteiger partial charge >= 0.3 is 0 Å². The Morgan fingerprint density at radius 1 is 1.05 bits per heavy atom. The van der Waals surface area contributed by atoms with E-state index in [1.807, 2.05) is 42.5 Å². The SMILES string of the molecule is NNC(Cc1ccc(Br)cc1Cl)c1ccc(Br)cc1. The van der Waals surface area contributed by atoms with Crippen LogP contribution in [0.3, 0.4) is 0 Å². The summed E-state index contributed by atoms with van der Waals surface area (Å²) in [6.07, 6.45) is 0.740. The van der Waals surface area contributed by atoms with E-state index in [2.05, 4.69) is 37.3 Å². The van der Waals surface area contributed by atoms with Gasteiger partial charge in [-0.15, -0.1) is 0 Å². The summed E-state index contributed by atoms with van der Waals surface area (Å²) in [5, 5.41) is 0.742. The molecule has 2 rings (SSSR count). The van der Waals surface area contributed by atoms with Crippen LogP contribution in [0.25, 0.3) is 0 Å². The van der Waals surface area contributed by atoms with Gasteiger partial charge in [0.1, 0.15) is 0 Å². The fourth-order valence-corrected chi connectivity index (χ4v) is 2.89. The molecule has 0 aromatic heterocycles. The number of nitrogens with two attached hydrogens (primary N) is 1. The van der Waals surface area contributed by atoms with Crippen molar-refractivity contribution in [3.8, 4) is 0 Å². The first-order chi connectivity index (χ1) is 9.10. The van der Waals surface area contributed by atoms with Crippen molar-refractivity contribution in [2.24, 2.45) is 5.84 Å². The van der Waals surface area contributed by atoms with Gasteiger partial charge in [0.25, 0.3) is 0 Å². The average Bonchev–Trinajstić information content (AvgIpc) is 2.39. The van der Waals surface area contributed by atoms with E-state index in [9.17, 15) is 0 Å². The largest absolute Gasteiger partial charge is 0.271 e. The highest BCUT2D eigenvalue weighted by Crippen LogP contribution is 2.26. The summed E-state index contributed by atoms with van der Waals surface area (Å²) in [6, 6.07) is 14.0. The van der Waals surface area contributed by atoms with E-state index in [0.717, 1.165) is 31.5 Å². The van der Waals surface area contributed by atoms with E-state index in [4.69, 9.17) is 17.4 Å². The summed E-state index contributed by atoms with van der Waals surface area (Å²) < 4.78 is 2.02. The molecule has 0 saturated heterocycles. The third kappa shape index (κ3) is 4.04. The van der Waals surface area contributed by atoms with Gasteiger partial charge in [-0.05, 0) is 41.8 Å². The van der Waals surface area contributed by atoms with Crippen LogP contribution in [-0.2, 0) is 6.42 Å². The van der Waals surface area contributed by atoms with Gasteiger partial charge in [0.2, 0.25) is 0 Å². The highest BCUT2D eigenvalue weighted by atomic mass is 79.9. The Labute approximate surface area is 134 Å². The monoisotopic (exact) mass is 402 g/mol. The molecular weight excluding hydrogens is 391 g/mol. The zero-order valence-corrected chi connectivity index (χ0v) is 14.0. The highest BCUT2D eigenvalue weighted by molar-refractivity contribution is 9.10. The van der Waals surface area contributed by atoms with Gasteiger partial charge in [-0.2, -0.15) is 0 Å².